The van der Waals surface area contributed by atoms with E-state index in [0.29, 0.717) is 13.1 Å². The number of aliphatic hydroxyl groups excluding tert-OH is 1. The zero-order chi connectivity index (χ0) is 14.4. The second-order valence-electron chi connectivity index (χ2n) is 5.10. The van der Waals surface area contributed by atoms with Crippen LogP contribution in [0.15, 0.2) is 24.3 Å². The highest BCUT2D eigenvalue weighted by Gasteiger charge is 2.17. The second-order valence-corrected chi connectivity index (χ2v) is 5.10. The smallest absolute Gasteiger partial charge is 0.242 e. The number of carbonyl (C=O) groups is 1. The Morgan fingerprint density at radius 1 is 1.26 bits per heavy atom. The third-order valence-electron chi connectivity index (χ3n) is 3.13. The minimum Gasteiger partial charge on any atom is -0.395 e. The SMILES string of the molecule is Cc1ccc(N(C)CC(=O)N(CCO)C(C)C)cc1. The Hall–Kier alpha value is -1.55. The first-order valence-electron chi connectivity index (χ1n) is 6.64. The molecule has 0 aromatic heterocycles. The first kappa shape index (κ1) is 15.5. The van der Waals surface area contributed by atoms with Crippen LogP contribution < -0.4 is 4.90 Å². The number of aliphatic hydroxyl groups is 1. The summed E-state index contributed by atoms with van der Waals surface area (Å²) < 4.78 is 0. The molecule has 0 unspecified atom stereocenters. The molecule has 0 heterocycles. The predicted octanol–water partition coefficient (Wildman–Crippen LogP) is 1.66. The van der Waals surface area contributed by atoms with Crippen LogP contribution >= 0.6 is 0 Å². The number of amides is 1. The molecule has 1 N–H and O–H groups in total. The normalized spacial score (nSPS) is 10.6. The van der Waals surface area contributed by atoms with E-state index < -0.39 is 0 Å². The van der Waals surface area contributed by atoms with Gasteiger partial charge >= 0.3 is 0 Å². The van der Waals surface area contributed by atoms with Crippen LogP contribution in [0.4, 0.5) is 5.69 Å². The van der Waals surface area contributed by atoms with Crippen LogP contribution in [0.1, 0.15) is 19.4 Å². The van der Waals surface area contributed by atoms with Gasteiger partial charge in [0.1, 0.15) is 0 Å². The standard InChI is InChI=1S/C15H24N2O2/c1-12(2)17(9-10-18)15(19)11-16(4)14-7-5-13(3)6-8-14/h5-8,12,18H,9-11H2,1-4H3. The van der Waals surface area contributed by atoms with E-state index in [2.05, 4.69) is 0 Å². The first-order chi connectivity index (χ1) is 8.95. The number of carbonyl (C=O) groups excluding carboxylic acids is 1. The van der Waals surface area contributed by atoms with Gasteiger partial charge in [-0.2, -0.15) is 0 Å². The molecule has 0 saturated heterocycles. The molecule has 0 aliphatic rings. The van der Waals surface area contributed by atoms with Gasteiger partial charge < -0.3 is 14.9 Å². The van der Waals surface area contributed by atoms with E-state index in [1.807, 2.05) is 57.0 Å². The van der Waals surface area contributed by atoms with E-state index in [1.165, 1.54) is 5.56 Å². The van der Waals surface area contributed by atoms with Crippen molar-refractivity contribution in [3.8, 4) is 0 Å². The topological polar surface area (TPSA) is 43.8 Å². The molecular weight excluding hydrogens is 240 g/mol. The van der Waals surface area contributed by atoms with Crippen LogP contribution in [0.25, 0.3) is 0 Å². The molecule has 4 heteroatoms. The number of anilines is 1. The van der Waals surface area contributed by atoms with Crippen molar-refractivity contribution in [1.29, 1.82) is 0 Å². The van der Waals surface area contributed by atoms with Crippen LogP contribution in [0.3, 0.4) is 0 Å². The molecule has 1 amide bonds. The number of benzene rings is 1. The third kappa shape index (κ3) is 4.56. The largest absolute Gasteiger partial charge is 0.395 e. The van der Waals surface area contributed by atoms with E-state index in [0.717, 1.165) is 5.69 Å². The second kappa shape index (κ2) is 7.14. The molecule has 106 valence electrons. The molecule has 0 spiro atoms. The monoisotopic (exact) mass is 264 g/mol. The van der Waals surface area contributed by atoms with Crippen LogP contribution in [-0.2, 0) is 4.79 Å². The van der Waals surface area contributed by atoms with E-state index in [-0.39, 0.29) is 18.6 Å². The van der Waals surface area contributed by atoms with Crippen molar-refractivity contribution in [3.05, 3.63) is 29.8 Å². The number of hydrogen-bond acceptors (Lipinski definition) is 3. The molecule has 0 saturated carbocycles. The Labute approximate surface area is 115 Å². The van der Waals surface area contributed by atoms with Crippen LogP contribution in [-0.4, -0.2) is 48.7 Å². The number of rotatable bonds is 6. The molecule has 1 rings (SSSR count). The number of hydrogen-bond donors (Lipinski definition) is 1. The Morgan fingerprint density at radius 3 is 2.32 bits per heavy atom. The first-order valence-corrected chi connectivity index (χ1v) is 6.64. The minimum absolute atomic E-state index is 0.00182. The fourth-order valence-corrected chi connectivity index (χ4v) is 1.96. The van der Waals surface area contributed by atoms with Gasteiger partial charge in [-0.15, -0.1) is 0 Å². The molecular formula is C15H24N2O2. The Kier molecular flexibility index (Phi) is 5.83. The lowest BCUT2D eigenvalue weighted by Crippen LogP contribution is -2.44. The molecule has 0 atom stereocenters. The van der Waals surface area contributed by atoms with E-state index in [1.54, 1.807) is 4.90 Å². The maximum absolute atomic E-state index is 12.2. The summed E-state index contributed by atoms with van der Waals surface area (Å²) in [5.41, 5.74) is 2.22. The quantitative estimate of drug-likeness (QED) is 0.850. The molecule has 0 fully saturated rings. The van der Waals surface area contributed by atoms with Gasteiger partial charge in [-0.05, 0) is 32.9 Å². The Bertz CT molecular complexity index is 401. The number of aryl methyl sites for hydroxylation is 1. The van der Waals surface area contributed by atoms with E-state index in [4.69, 9.17) is 5.11 Å². The zero-order valence-corrected chi connectivity index (χ0v) is 12.3. The fraction of sp³-hybridized carbons (Fsp3) is 0.533. The van der Waals surface area contributed by atoms with Crippen molar-refractivity contribution >= 4 is 11.6 Å². The summed E-state index contributed by atoms with van der Waals surface area (Å²) in [5, 5.41) is 9.01. The lowest BCUT2D eigenvalue weighted by atomic mass is 10.2. The molecule has 0 radical (unpaired) electrons. The van der Waals surface area contributed by atoms with E-state index >= 15 is 0 Å². The highest BCUT2D eigenvalue weighted by atomic mass is 16.3. The summed E-state index contributed by atoms with van der Waals surface area (Å²) in [5.74, 6) is 0.0344. The highest BCUT2D eigenvalue weighted by Crippen LogP contribution is 2.13. The van der Waals surface area contributed by atoms with Gasteiger partial charge in [0.2, 0.25) is 5.91 Å². The minimum atomic E-state index is -0.00182. The van der Waals surface area contributed by atoms with Crippen molar-refractivity contribution < 1.29 is 9.90 Å². The summed E-state index contributed by atoms with van der Waals surface area (Å²) in [7, 11) is 1.90. The molecule has 0 bridgehead atoms. The maximum Gasteiger partial charge on any atom is 0.242 e. The number of likely N-dealkylation sites (N-methyl/N-ethyl adjacent to an activating group) is 1. The van der Waals surface area contributed by atoms with Crippen LogP contribution in [0.5, 0.6) is 0 Å². The highest BCUT2D eigenvalue weighted by molar-refractivity contribution is 5.81. The maximum atomic E-state index is 12.2. The number of nitrogens with zero attached hydrogens (tertiary/aromatic N) is 2. The van der Waals surface area contributed by atoms with Gasteiger partial charge in [0.05, 0.1) is 13.2 Å². The Balaban J connectivity index is 2.67. The van der Waals surface area contributed by atoms with Crippen molar-refractivity contribution in [3.63, 3.8) is 0 Å². The van der Waals surface area contributed by atoms with Gasteiger partial charge in [0, 0.05) is 25.3 Å². The van der Waals surface area contributed by atoms with Crippen molar-refractivity contribution in [2.24, 2.45) is 0 Å². The van der Waals surface area contributed by atoms with Crippen molar-refractivity contribution in [2.75, 3.05) is 31.6 Å². The summed E-state index contributed by atoms with van der Waals surface area (Å²) >= 11 is 0. The van der Waals surface area contributed by atoms with Gasteiger partial charge in [-0.3, -0.25) is 4.79 Å². The average molecular weight is 264 g/mol. The molecule has 0 aliphatic carbocycles. The van der Waals surface area contributed by atoms with Gasteiger partial charge in [-0.1, -0.05) is 17.7 Å². The summed E-state index contributed by atoms with van der Waals surface area (Å²) in [4.78, 5) is 15.8. The summed E-state index contributed by atoms with van der Waals surface area (Å²) in [6.07, 6.45) is 0. The van der Waals surface area contributed by atoms with Crippen LogP contribution in [0, 0.1) is 6.92 Å². The fourth-order valence-electron chi connectivity index (χ4n) is 1.96. The molecule has 1 aromatic carbocycles. The molecule has 0 aliphatic heterocycles. The Morgan fingerprint density at radius 2 is 1.84 bits per heavy atom. The lowest BCUT2D eigenvalue weighted by molar-refractivity contribution is -0.131. The van der Waals surface area contributed by atoms with Gasteiger partial charge in [0.25, 0.3) is 0 Å². The molecule has 1 aromatic rings. The van der Waals surface area contributed by atoms with Crippen molar-refractivity contribution in [2.45, 2.75) is 26.8 Å². The van der Waals surface area contributed by atoms with Crippen molar-refractivity contribution in [1.82, 2.24) is 4.90 Å². The van der Waals surface area contributed by atoms with Crippen LogP contribution in [0.2, 0.25) is 0 Å². The van der Waals surface area contributed by atoms with E-state index in [9.17, 15) is 4.79 Å². The molecule has 19 heavy (non-hydrogen) atoms. The predicted molar refractivity (Wildman–Crippen MR) is 78.4 cm³/mol. The molecule has 4 nitrogen and oxygen atoms in total. The van der Waals surface area contributed by atoms with Gasteiger partial charge in [0.15, 0.2) is 0 Å². The lowest BCUT2D eigenvalue weighted by Gasteiger charge is -2.29. The zero-order valence-electron chi connectivity index (χ0n) is 12.3. The summed E-state index contributed by atoms with van der Waals surface area (Å²) in [6, 6.07) is 8.18. The average Bonchev–Trinajstić information content (AvgIpc) is 2.36. The van der Waals surface area contributed by atoms with Gasteiger partial charge in [-0.25, -0.2) is 0 Å². The summed E-state index contributed by atoms with van der Waals surface area (Å²) in [6.45, 7) is 6.66. The third-order valence-corrected chi connectivity index (χ3v) is 3.13.